The van der Waals surface area contributed by atoms with E-state index >= 15 is 0 Å². The number of carbonyl (C=O) groups is 2. The molecule has 0 bridgehead atoms. The second-order valence-corrected chi connectivity index (χ2v) is 10.3. The Morgan fingerprint density at radius 1 is 1.07 bits per heavy atom. The first kappa shape index (κ1) is 27.1. The summed E-state index contributed by atoms with van der Waals surface area (Å²) in [4.78, 5) is 30.8. The molecule has 1 fully saturated rings. The first-order valence-electron chi connectivity index (χ1n) is 13.0. The molecule has 0 saturated carbocycles. The Bertz CT molecular complexity index is 1550. The molecule has 0 radical (unpaired) electrons. The van der Waals surface area contributed by atoms with E-state index in [1.807, 2.05) is 86.3 Å². The Morgan fingerprint density at radius 3 is 2.50 bits per heavy atom. The number of ether oxygens (including phenoxy) is 1. The van der Waals surface area contributed by atoms with Gasteiger partial charge in [-0.15, -0.1) is 0 Å². The van der Waals surface area contributed by atoms with Crippen molar-refractivity contribution >= 4 is 40.6 Å². The number of nitrogens with zero attached hydrogens (tertiary/aromatic N) is 2. The Kier molecular flexibility index (Phi) is 7.66. The summed E-state index contributed by atoms with van der Waals surface area (Å²) in [5.41, 5.74) is 4.66. The quantitative estimate of drug-likeness (QED) is 0.206. The van der Waals surface area contributed by atoms with Gasteiger partial charge in [-0.05, 0) is 79.3 Å². The van der Waals surface area contributed by atoms with E-state index in [2.05, 4.69) is 15.6 Å². The molecule has 2 atom stereocenters. The normalized spacial score (nSPS) is 16.6. The van der Waals surface area contributed by atoms with E-state index in [9.17, 15) is 9.59 Å². The van der Waals surface area contributed by atoms with Crippen LogP contribution in [0, 0.1) is 12.8 Å². The first-order valence-corrected chi connectivity index (χ1v) is 13.4. The van der Waals surface area contributed by atoms with E-state index < -0.39 is 5.97 Å². The summed E-state index contributed by atoms with van der Waals surface area (Å²) in [6.45, 7) is 5.68. The van der Waals surface area contributed by atoms with Gasteiger partial charge in [-0.25, -0.2) is 4.79 Å². The lowest BCUT2D eigenvalue weighted by Gasteiger charge is -2.27. The summed E-state index contributed by atoms with van der Waals surface area (Å²) in [5, 5.41) is 6.97. The van der Waals surface area contributed by atoms with E-state index in [-0.39, 0.29) is 23.9 Å². The third-order valence-electron chi connectivity index (χ3n) is 6.88. The number of aryl methyl sites for hydroxylation is 1. The van der Waals surface area contributed by atoms with E-state index in [0.29, 0.717) is 22.2 Å². The second-order valence-electron chi connectivity index (χ2n) is 9.91. The van der Waals surface area contributed by atoms with Crippen LogP contribution in [-0.4, -0.2) is 29.1 Å². The zero-order chi connectivity index (χ0) is 28.4. The highest BCUT2D eigenvalue weighted by molar-refractivity contribution is 7.80. The molecule has 0 spiro atoms. The summed E-state index contributed by atoms with van der Waals surface area (Å²) in [5.74, 6) is 0.806. The number of amides is 1. The minimum Gasteiger partial charge on any atom is -0.465 e. The highest BCUT2D eigenvalue weighted by atomic mass is 32.1. The molecule has 1 amide bonds. The third-order valence-corrected chi connectivity index (χ3v) is 7.19. The molecule has 1 aliphatic rings. The Morgan fingerprint density at radius 2 is 1.85 bits per heavy atom. The van der Waals surface area contributed by atoms with Crippen molar-refractivity contribution < 1.29 is 18.7 Å². The van der Waals surface area contributed by atoms with Crippen LogP contribution in [0.3, 0.4) is 0 Å². The van der Waals surface area contributed by atoms with Crippen molar-refractivity contribution in [3.8, 4) is 11.3 Å². The van der Waals surface area contributed by atoms with Gasteiger partial charge in [0.05, 0.1) is 24.4 Å². The zero-order valence-electron chi connectivity index (χ0n) is 22.7. The molecule has 40 heavy (non-hydrogen) atoms. The molecule has 0 unspecified atom stereocenters. The molecule has 1 aliphatic heterocycles. The van der Waals surface area contributed by atoms with E-state index in [4.69, 9.17) is 21.4 Å². The van der Waals surface area contributed by atoms with Crippen LogP contribution in [0.25, 0.3) is 11.3 Å². The van der Waals surface area contributed by atoms with E-state index in [0.717, 1.165) is 28.2 Å². The van der Waals surface area contributed by atoms with Gasteiger partial charge in [0.25, 0.3) is 0 Å². The summed E-state index contributed by atoms with van der Waals surface area (Å²) in [6.07, 6.45) is 1.76. The van der Waals surface area contributed by atoms with Gasteiger partial charge in [-0.1, -0.05) is 32.0 Å². The lowest BCUT2D eigenvalue weighted by Crippen LogP contribution is -2.29. The Labute approximate surface area is 238 Å². The van der Waals surface area contributed by atoms with Crippen molar-refractivity contribution in [1.29, 1.82) is 0 Å². The number of esters is 1. The summed E-state index contributed by atoms with van der Waals surface area (Å²) in [6, 6.07) is 22.0. The van der Waals surface area contributed by atoms with Crippen molar-refractivity contribution in [2.75, 3.05) is 17.3 Å². The summed E-state index contributed by atoms with van der Waals surface area (Å²) < 4.78 is 11.2. The zero-order valence-corrected chi connectivity index (χ0v) is 23.5. The smallest absolute Gasteiger partial charge is 0.337 e. The van der Waals surface area contributed by atoms with Gasteiger partial charge in [0, 0.05) is 29.1 Å². The minimum absolute atomic E-state index is 0.0370. The number of methoxy groups -OCH3 is 1. The molecule has 3 heterocycles. The highest BCUT2D eigenvalue weighted by Gasteiger charge is 2.42. The van der Waals surface area contributed by atoms with E-state index in [1.165, 1.54) is 7.11 Å². The molecule has 204 valence electrons. The van der Waals surface area contributed by atoms with Crippen molar-refractivity contribution in [2.24, 2.45) is 5.92 Å². The molecule has 2 aromatic heterocycles. The molecule has 2 aromatic carbocycles. The number of thiocarbonyl (C=S) groups is 1. The number of furan rings is 1. The number of benzene rings is 2. The van der Waals surface area contributed by atoms with Gasteiger partial charge in [0.1, 0.15) is 17.6 Å². The minimum atomic E-state index is -0.392. The van der Waals surface area contributed by atoms with Crippen LogP contribution < -0.4 is 15.5 Å². The van der Waals surface area contributed by atoms with Gasteiger partial charge in [0.15, 0.2) is 5.11 Å². The maximum atomic E-state index is 12.3. The second kappa shape index (κ2) is 11.3. The number of pyridine rings is 1. The average molecular weight is 555 g/mol. The number of anilines is 2. The fourth-order valence-electron chi connectivity index (χ4n) is 4.69. The number of hydrogen-bond acceptors (Lipinski definition) is 6. The fourth-order valence-corrected chi connectivity index (χ4v) is 5.04. The van der Waals surface area contributed by atoms with Crippen molar-refractivity contribution in [2.45, 2.75) is 32.9 Å². The number of nitrogens with one attached hydrogen (secondary N) is 2. The standard InChI is InChI=1S/C31H30N4O4S/c1-18(2)29(36)33-23-13-12-22(17-19(23)3)35-28(27(34-31(35)40)24-7-5-6-16-32-24)26-15-14-25(39-26)20-8-10-21(11-9-20)30(37)38-4/h5-18,27-28H,1-4H3,(H,33,36)(H,34,40)/t27-,28-/m1/s1. The predicted octanol–water partition coefficient (Wildman–Crippen LogP) is 6.21. The number of hydrogen-bond donors (Lipinski definition) is 2. The predicted molar refractivity (Wildman–Crippen MR) is 158 cm³/mol. The Balaban J connectivity index is 1.52. The van der Waals surface area contributed by atoms with E-state index in [1.54, 1.807) is 18.3 Å². The van der Waals surface area contributed by atoms with Crippen LogP contribution in [0.5, 0.6) is 0 Å². The van der Waals surface area contributed by atoms with Crippen LogP contribution in [0.2, 0.25) is 0 Å². The maximum absolute atomic E-state index is 12.3. The molecule has 2 N–H and O–H groups in total. The van der Waals surface area contributed by atoms with Crippen LogP contribution >= 0.6 is 12.2 Å². The Hall–Kier alpha value is -4.50. The van der Waals surface area contributed by atoms with Crippen molar-refractivity contribution in [3.05, 3.63) is 102 Å². The lowest BCUT2D eigenvalue weighted by molar-refractivity contribution is -0.118. The molecular weight excluding hydrogens is 524 g/mol. The number of rotatable bonds is 7. The number of aromatic nitrogens is 1. The van der Waals surface area contributed by atoms with Gasteiger partial charge in [0.2, 0.25) is 5.91 Å². The van der Waals surface area contributed by atoms with Gasteiger partial charge in [-0.2, -0.15) is 0 Å². The topological polar surface area (TPSA) is 96.7 Å². The molecular formula is C31H30N4O4S. The molecule has 0 aliphatic carbocycles. The van der Waals surface area contributed by atoms with Crippen LogP contribution in [0.1, 0.15) is 53.3 Å². The fraction of sp³-hybridized carbons (Fsp3) is 0.226. The maximum Gasteiger partial charge on any atom is 0.337 e. The monoisotopic (exact) mass is 554 g/mol. The van der Waals surface area contributed by atoms with Gasteiger partial charge in [-0.3, -0.25) is 9.78 Å². The highest BCUT2D eigenvalue weighted by Crippen LogP contribution is 2.43. The van der Waals surface area contributed by atoms with Crippen molar-refractivity contribution in [3.63, 3.8) is 0 Å². The molecule has 8 nitrogen and oxygen atoms in total. The molecule has 4 aromatic rings. The molecule has 5 rings (SSSR count). The lowest BCUT2D eigenvalue weighted by atomic mass is 10.0. The molecule has 1 saturated heterocycles. The SMILES string of the molecule is COC(=O)c1ccc(-c2ccc([C@@H]3[C@@H](c4ccccn4)NC(=S)N3c3ccc(NC(=O)C(C)C)c(C)c3)o2)cc1. The average Bonchev–Trinajstić information content (AvgIpc) is 3.59. The van der Waals surface area contributed by atoms with Gasteiger partial charge < -0.3 is 24.7 Å². The summed E-state index contributed by atoms with van der Waals surface area (Å²) >= 11 is 5.84. The first-order chi connectivity index (χ1) is 19.3. The third kappa shape index (κ3) is 5.33. The van der Waals surface area contributed by atoms with Crippen LogP contribution in [0.4, 0.5) is 11.4 Å². The van der Waals surface area contributed by atoms with Crippen molar-refractivity contribution in [1.82, 2.24) is 10.3 Å². The van der Waals surface area contributed by atoms with Crippen LogP contribution in [-0.2, 0) is 9.53 Å². The molecule has 9 heteroatoms. The van der Waals surface area contributed by atoms with Crippen LogP contribution in [0.15, 0.2) is 83.4 Å². The summed E-state index contributed by atoms with van der Waals surface area (Å²) in [7, 11) is 1.36. The number of carbonyl (C=O) groups excluding carboxylic acids is 2. The largest absolute Gasteiger partial charge is 0.465 e. The van der Waals surface area contributed by atoms with Gasteiger partial charge >= 0.3 is 5.97 Å².